The van der Waals surface area contributed by atoms with Gasteiger partial charge in [-0.15, -0.1) is 0 Å². The first-order valence-corrected chi connectivity index (χ1v) is 5.03. The Morgan fingerprint density at radius 2 is 2.62 bits per heavy atom. The molecule has 0 radical (unpaired) electrons. The zero-order chi connectivity index (χ0) is 9.10. The Kier molecular flexibility index (Phi) is 2.64. The Morgan fingerprint density at radius 1 is 1.69 bits per heavy atom. The van der Waals surface area contributed by atoms with Gasteiger partial charge in [0, 0.05) is 12.5 Å². The molecule has 72 valence electrons. The van der Waals surface area contributed by atoms with E-state index in [1.54, 1.807) is 0 Å². The quantitative estimate of drug-likeness (QED) is 0.763. The van der Waals surface area contributed by atoms with Crippen molar-refractivity contribution in [3.05, 3.63) is 17.5 Å². The van der Waals surface area contributed by atoms with Crippen LogP contribution in [0.25, 0.3) is 0 Å². The lowest BCUT2D eigenvalue weighted by atomic mass is 10.0. The fraction of sp³-hybridized carbons (Fsp3) is 0.700. The number of aromatic nitrogens is 1. The number of aryl methyl sites for hydroxylation is 1. The second kappa shape index (κ2) is 3.92. The first-order chi connectivity index (χ1) is 6.38. The molecule has 0 bridgehead atoms. The molecule has 1 atom stereocenters. The molecule has 0 aliphatic carbocycles. The van der Waals surface area contributed by atoms with E-state index < -0.39 is 0 Å². The summed E-state index contributed by atoms with van der Waals surface area (Å²) >= 11 is 0. The van der Waals surface area contributed by atoms with Crippen molar-refractivity contribution in [3.63, 3.8) is 0 Å². The van der Waals surface area contributed by atoms with Crippen molar-refractivity contribution >= 4 is 0 Å². The third-order valence-electron chi connectivity index (χ3n) is 2.62. The zero-order valence-corrected chi connectivity index (χ0v) is 8.05. The standard InChI is InChI=1S/C10H16N2O/c1-2-9-6-10(13-12-9)5-8-3-4-11-7-8/h6,8,11H,2-5,7H2,1H3. The Hall–Kier alpha value is -0.830. The molecule has 2 heterocycles. The first-order valence-electron chi connectivity index (χ1n) is 5.03. The Morgan fingerprint density at radius 3 is 3.23 bits per heavy atom. The molecule has 3 heteroatoms. The van der Waals surface area contributed by atoms with Crippen LogP contribution in [-0.2, 0) is 12.8 Å². The van der Waals surface area contributed by atoms with Gasteiger partial charge >= 0.3 is 0 Å². The number of hydrogen-bond donors (Lipinski definition) is 1. The second-order valence-corrected chi connectivity index (χ2v) is 3.70. The van der Waals surface area contributed by atoms with Crippen LogP contribution in [0.4, 0.5) is 0 Å². The third-order valence-corrected chi connectivity index (χ3v) is 2.62. The third kappa shape index (κ3) is 2.10. The predicted octanol–water partition coefficient (Wildman–Crippen LogP) is 1.39. The molecule has 0 spiro atoms. The molecule has 1 saturated heterocycles. The van der Waals surface area contributed by atoms with Gasteiger partial charge in [-0.1, -0.05) is 12.1 Å². The van der Waals surface area contributed by atoms with Gasteiger partial charge in [0.1, 0.15) is 5.76 Å². The minimum absolute atomic E-state index is 0.748. The van der Waals surface area contributed by atoms with Gasteiger partial charge in [-0.3, -0.25) is 0 Å². The van der Waals surface area contributed by atoms with Crippen LogP contribution in [0.1, 0.15) is 24.8 Å². The summed E-state index contributed by atoms with van der Waals surface area (Å²) < 4.78 is 5.24. The highest BCUT2D eigenvalue weighted by molar-refractivity contribution is 5.06. The zero-order valence-electron chi connectivity index (χ0n) is 8.05. The first kappa shape index (κ1) is 8.75. The smallest absolute Gasteiger partial charge is 0.137 e. The van der Waals surface area contributed by atoms with Crippen molar-refractivity contribution < 1.29 is 4.52 Å². The summed E-state index contributed by atoms with van der Waals surface area (Å²) in [7, 11) is 0. The lowest BCUT2D eigenvalue weighted by Gasteiger charge is -2.02. The Balaban J connectivity index is 1.92. The molecule has 1 N–H and O–H groups in total. The van der Waals surface area contributed by atoms with E-state index >= 15 is 0 Å². The average Bonchev–Trinajstić information content (AvgIpc) is 2.76. The van der Waals surface area contributed by atoms with E-state index in [-0.39, 0.29) is 0 Å². The Bertz CT molecular complexity index is 264. The van der Waals surface area contributed by atoms with Gasteiger partial charge in [0.05, 0.1) is 5.69 Å². The average molecular weight is 180 g/mol. The summed E-state index contributed by atoms with van der Waals surface area (Å²) in [5.41, 5.74) is 1.07. The minimum Gasteiger partial charge on any atom is -0.361 e. The molecule has 1 unspecified atom stereocenters. The van der Waals surface area contributed by atoms with E-state index in [0.29, 0.717) is 0 Å². The minimum atomic E-state index is 0.748. The van der Waals surface area contributed by atoms with E-state index in [4.69, 9.17) is 4.52 Å². The summed E-state index contributed by atoms with van der Waals surface area (Å²) in [4.78, 5) is 0. The van der Waals surface area contributed by atoms with E-state index in [2.05, 4.69) is 23.5 Å². The van der Waals surface area contributed by atoms with Crippen molar-refractivity contribution in [2.45, 2.75) is 26.2 Å². The normalized spacial score (nSPS) is 22.4. The number of rotatable bonds is 3. The molecule has 1 aromatic heterocycles. The SMILES string of the molecule is CCc1cc(CC2CCNC2)on1. The monoisotopic (exact) mass is 180 g/mol. The van der Waals surface area contributed by atoms with E-state index in [0.717, 1.165) is 43.3 Å². The maximum absolute atomic E-state index is 5.24. The topological polar surface area (TPSA) is 38.1 Å². The predicted molar refractivity (Wildman–Crippen MR) is 50.6 cm³/mol. The fourth-order valence-corrected chi connectivity index (χ4v) is 1.79. The summed E-state index contributed by atoms with van der Waals surface area (Å²) in [6.45, 7) is 4.38. The van der Waals surface area contributed by atoms with Gasteiger partial charge in [0.25, 0.3) is 0 Å². The summed E-state index contributed by atoms with van der Waals surface area (Å²) in [5.74, 6) is 1.79. The highest BCUT2D eigenvalue weighted by atomic mass is 16.5. The van der Waals surface area contributed by atoms with E-state index in [1.165, 1.54) is 6.42 Å². The van der Waals surface area contributed by atoms with Gasteiger partial charge in [-0.25, -0.2) is 0 Å². The van der Waals surface area contributed by atoms with Crippen molar-refractivity contribution in [1.29, 1.82) is 0 Å². The number of hydrogen-bond acceptors (Lipinski definition) is 3. The molecule has 0 saturated carbocycles. The molecule has 3 nitrogen and oxygen atoms in total. The molecule has 0 amide bonds. The van der Waals surface area contributed by atoms with Gasteiger partial charge in [-0.2, -0.15) is 0 Å². The van der Waals surface area contributed by atoms with Crippen LogP contribution in [0.15, 0.2) is 10.6 Å². The van der Waals surface area contributed by atoms with Crippen molar-refractivity contribution in [1.82, 2.24) is 10.5 Å². The van der Waals surface area contributed by atoms with Crippen LogP contribution < -0.4 is 5.32 Å². The van der Waals surface area contributed by atoms with Crippen LogP contribution in [0.2, 0.25) is 0 Å². The molecule has 1 aromatic rings. The summed E-state index contributed by atoms with van der Waals surface area (Å²) in [6.07, 6.45) is 3.27. The number of nitrogens with one attached hydrogen (secondary N) is 1. The summed E-state index contributed by atoms with van der Waals surface area (Å²) in [5, 5.41) is 7.33. The van der Waals surface area contributed by atoms with Crippen molar-refractivity contribution in [2.75, 3.05) is 13.1 Å². The maximum atomic E-state index is 5.24. The lowest BCUT2D eigenvalue weighted by molar-refractivity contribution is 0.359. The van der Waals surface area contributed by atoms with E-state index in [1.807, 2.05) is 0 Å². The van der Waals surface area contributed by atoms with Crippen LogP contribution in [0.5, 0.6) is 0 Å². The summed E-state index contributed by atoms with van der Waals surface area (Å²) in [6, 6.07) is 2.08. The molecule has 13 heavy (non-hydrogen) atoms. The molecule has 2 rings (SSSR count). The van der Waals surface area contributed by atoms with Crippen molar-refractivity contribution in [2.24, 2.45) is 5.92 Å². The van der Waals surface area contributed by atoms with Gasteiger partial charge in [-0.05, 0) is 31.8 Å². The molecular weight excluding hydrogens is 164 g/mol. The number of nitrogens with zero attached hydrogens (tertiary/aromatic N) is 1. The molecule has 1 aliphatic rings. The van der Waals surface area contributed by atoms with Gasteiger partial charge in [0.2, 0.25) is 0 Å². The van der Waals surface area contributed by atoms with Gasteiger partial charge < -0.3 is 9.84 Å². The molecule has 1 fully saturated rings. The fourth-order valence-electron chi connectivity index (χ4n) is 1.79. The molecular formula is C10H16N2O. The van der Waals surface area contributed by atoms with Crippen LogP contribution in [-0.4, -0.2) is 18.2 Å². The highest BCUT2D eigenvalue weighted by Gasteiger charge is 2.16. The Labute approximate surface area is 78.5 Å². The largest absolute Gasteiger partial charge is 0.361 e. The van der Waals surface area contributed by atoms with Crippen LogP contribution in [0.3, 0.4) is 0 Å². The van der Waals surface area contributed by atoms with Gasteiger partial charge in [0.15, 0.2) is 0 Å². The lowest BCUT2D eigenvalue weighted by Crippen LogP contribution is -2.10. The highest BCUT2D eigenvalue weighted by Crippen LogP contribution is 2.15. The van der Waals surface area contributed by atoms with Crippen molar-refractivity contribution in [3.8, 4) is 0 Å². The van der Waals surface area contributed by atoms with Crippen LogP contribution >= 0.6 is 0 Å². The van der Waals surface area contributed by atoms with Crippen LogP contribution in [0, 0.1) is 5.92 Å². The molecule has 1 aliphatic heterocycles. The second-order valence-electron chi connectivity index (χ2n) is 3.70. The molecule has 0 aromatic carbocycles. The van der Waals surface area contributed by atoms with E-state index in [9.17, 15) is 0 Å². The maximum Gasteiger partial charge on any atom is 0.137 e.